The lowest BCUT2D eigenvalue weighted by molar-refractivity contribution is 0.0510. The highest BCUT2D eigenvalue weighted by Gasteiger charge is 2.22. The molecule has 4 rings (SSSR count). The van der Waals surface area contributed by atoms with E-state index in [1.807, 2.05) is 36.4 Å². The number of fused-ring (bicyclic) bond motifs is 3. The van der Waals surface area contributed by atoms with Gasteiger partial charge in [-0.15, -0.1) is 5.10 Å². The van der Waals surface area contributed by atoms with E-state index in [2.05, 4.69) is 10.1 Å². The maximum atomic E-state index is 12.3. The summed E-state index contributed by atoms with van der Waals surface area (Å²) in [5.74, 6) is 0.216. The first kappa shape index (κ1) is 14.7. The minimum absolute atomic E-state index is 0.181. The van der Waals surface area contributed by atoms with E-state index in [4.69, 9.17) is 16.3 Å². The van der Waals surface area contributed by atoms with Crippen LogP contribution in [-0.2, 0) is 4.74 Å². The highest BCUT2D eigenvalue weighted by atomic mass is 35.5. The van der Waals surface area contributed by atoms with E-state index >= 15 is 0 Å². The molecule has 0 radical (unpaired) electrons. The first-order chi connectivity index (χ1) is 11.7. The van der Waals surface area contributed by atoms with Crippen molar-refractivity contribution in [2.75, 3.05) is 6.61 Å². The fourth-order valence-electron chi connectivity index (χ4n) is 2.66. The number of benzene rings is 2. The number of halogens is 1. The minimum Gasteiger partial charge on any atom is -0.460 e. The van der Waals surface area contributed by atoms with Crippen LogP contribution in [0, 0.1) is 0 Å². The summed E-state index contributed by atoms with van der Waals surface area (Å²) in [5, 5.41) is 4.99. The van der Waals surface area contributed by atoms with Crippen LogP contribution in [0.25, 0.3) is 22.5 Å². The van der Waals surface area contributed by atoms with E-state index in [0.29, 0.717) is 10.8 Å². The van der Waals surface area contributed by atoms with Gasteiger partial charge < -0.3 is 4.74 Å². The van der Waals surface area contributed by atoms with Gasteiger partial charge in [0, 0.05) is 5.02 Å². The average molecular weight is 341 g/mol. The number of imidazole rings is 1. The molecule has 0 spiro atoms. The largest absolute Gasteiger partial charge is 0.460 e. The molecular formula is C17H13ClN4O2. The molecule has 4 aromatic rings. The lowest BCUT2D eigenvalue weighted by Crippen LogP contribution is -2.10. The molecule has 2 heterocycles. The Hall–Kier alpha value is -2.86. The standard InChI is InChI=1S/C17H13ClN4O2/c1-2-24-16(23)15-20-22(12-7-5-6-11(18)10-12)17-19-13-8-3-4-9-14(13)21(15)17/h3-10H,2H2,1H3. The van der Waals surface area contributed by atoms with Gasteiger partial charge in [0.2, 0.25) is 11.6 Å². The number of carbonyl (C=O) groups excluding carboxylic acids is 1. The summed E-state index contributed by atoms with van der Waals surface area (Å²) >= 11 is 6.08. The Balaban J connectivity index is 2.06. The fourth-order valence-corrected chi connectivity index (χ4v) is 2.84. The van der Waals surface area contributed by atoms with Crippen LogP contribution in [-0.4, -0.2) is 31.7 Å². The van der Waals surface area contributed by atoms with Crippen molar-refractivity contribution >= 4 is 34.4 Å². The van der Waals surface area contributed by atoms with E-state index in [9.17, 15) is 4.79 Å². The number of para-hydroxylation sites is 2. The summed E-state index contributed by atoms with van der Waals surface area (Å²) in [5.41, 5.74) is 2.29. The molecule has 120 valence electrons. The molecule has 0 N–H and O–H groups in total. The molecule has 7 heteroatoms. The second-order valence-corrected chi connectivity index (χ2v) is 5.61. The van der Waals surface area contributed by atoms with Gasteiger partial charge >= 0.3 is 5.97 Å². The van der Waals surface area contributed by atoms with E-state index in [-0.39, 0.29) is 12.4 Å². The van der Waals surface area contributed by atoms with Gasteiger partial charge in [-0.3, -0.25) is 4.40 Å². The molecule has 0 aliphatic heterocycles. The predicted octanol–water partition coefficient (Wildman–Crippen LogP) is 3.50. The summed E-state index contributed by atoms with van der Waals surface area (Å²) in [6.07, 6.45) is 0. The number of nitrogens with zero attached hydrogens (tertiary/aromatic N) is 4. The van der Waals surface area contributed by atoms with Crippen molar-refractivity contribution in [1.29, 1.82) is 0 Å². The van der Waals surface area contributed by atoms with Crippen LogP contribution in [0.3, 0.4) is 0 Å². The third kappa shape index (κ3) is 2.23. The molecule has 0 amide bonds. The molecule has 0 aliphatic rings. The topological polar surface area (TPSA) is 61.4 Å². The average Bonchev–Trinajstić information content (AvgIpc) is 3.12. The maximum absolute atomic E-state index is 12.3. The second kappa shape index (κ2) is 5.65. The minimum atomic E-state index is -0.494. The number of hydrogen-bond acceptors (Lipinski definition) is 4. The Morgan fingerprint density at radius 3 is 2.83 bits per heavy atom. The molecule has 0 saturated carbocycles. The third-order valence-corrected chi connectivity index (χ3v) is 3.88. The Kier molecular flexibility index (Phi) is 3.46. The molecule has 0 unspecified atom stereocenters. The van der Waals surface area contributed by atoms with Gasteiger partial charge in [-0.2, -0.15) is 4.68 Å². The van der Waals surface area contributed by atoms with Gasteiger partial charge in [-0.1, -0.05) is 29.8 Å². The van der Waals surface area contributed by atoms with Gasteiger partial charge in [0.05, 0.1) is 23.3 Å². The molecule has 2 aromatic heterocycles. The highest BCUT2D eigenvalue weighted by Crippen LogP contribution is 2.23. The van der Waals surface area contributed by atoms with Crippen LogP contribution < -0.4 is 0 Å². The smallest absolute Gasteiger partial charge is 0.376 e. The lowest BCUT2D eigenvalue weighted by atomic mass is 10.3. The highest BCUT2D eigenvalue weighted by molar-refractivity contribution is 6.30. The molecule has 0 fully saturated rings. The molecule has 0 aliphatic carbocycles. The third-order valence-electron chi connectivity index (χ3n) is 3.65. The molecule has 6 nitrogen and oxygen atoms in total. The van der Waals surface area contributed by atoms with Crippen molar-refractivity contribution in [3.8, 4) is 5.69 Å². The van der Waals surface area contributed by atoms with Crippen LogP contribution in [0.2, 0.25) is 5.02 Å². The number of carbonyl (C=O) groups is 1. The number of aromatic nitrogens is 4. The summed E-state index contributed by atoms with van der Waals surface area (Å²) < 4.78 is 8.44. The predicted molar refractivity (Wildman–Crippen MR) is 90.8 cm³/mol. The number of ether oxygens (including phenoxy) is 1. The summed E-state index contributed by atoms with van der Waals surface area (Å²) in [7, 11) is 0. The van der Waals surface area contributed by atoms with Gasteiger partial charge in [0.1, 0.15) is 0 Å². The Labute approximate surface area is 142 Å². The van der Waals surface area contributed by atoms with Crippen LogP contribution in [0.15, 0.2) is 48.5 Å². The van der Waals surface area contributed by atoms with Crippen molar-refractivity contribution in [2.45, 2.75) is 6.92 Å². The van der Waals surface area contributed by atoms with Gasteiger partial charge in [0.15, 0.2) is 0 Å². The zero-order valence-electron chi connectivity index (χ0n) is 12.8. The van der Waals surface area contributed by atoms with Crippen LogP contribution >= 0.6 is 11.6 Å². The molecule has 24 heavy (non-hydrogen) atoms. The van der Waals surface area contributed by atoms with E-state index in [1.54, 1.807) is 28.1 Å². The molecule has 0 saturated heterocycles. The van der Waals surface area contributed by atoms with Gasteiger partial charge in [-0.05, 0) is 37.3 Å². The van der Waals surface area contributed by atoms with E-state index in [0.717, 1.165) is 16.7 Å². The lowest BCUT2D eigenvalue weighted by Gasteiger charge is -2.01. The summed E-state index contributed by atoms with van der Waals surface area (Å²) in [4.78, 5) is 16.9. The monoisotopic (exact) mass is 340 g/mol. The number of rotatable bonds is 3. The summed E-state index contributed by atoms with van der Waals surface area (Å²) in [6.45, 7) is 2.03. The van der Waals surface area contributed by atoms with E-state index < -0.39 is 5.97 Å². The Morgan fingerprint density at radius 2 is 2.04 bits per heavy atom. The Morgan fingerprint density at radius 1 is 1.21 bits per heavy atom. The van der Waals surface area contributed by atoms with E-state index in [1.165, 1.54) is 0 Å². The quantitative estimate of drug-likeness (QED) is 0.535. The van der Waals surface area contributed by atoms with Crippen LogP contribution in [0.1, 0.15) is 17.5 Å². The normalized spacial score (nSPS) is 11.2. The molecule has 0 atom stereocenters. The Bertz CT molecular complexity index is 1070. The number of esters is 1. The molecular weight excluding hydrogens is 328 g/mol. The first-order valence-corrected chi connectivity index (χ1v) is 7.86. The molecule has 2 aromatic carbocycles. The van der Waals surface area contributed by atoms with Crippen molar-refractivity contribution in [3.05, 3.63) is 59.4 Å². The molecule has 0 bridgehead atoms. The zero-order chi connectivity index (χ0) is 16.7. The maximum Gasteiger partial charge on any atom is 0.376 e. The van der Waals surface area contributed by atoms with Crippen LogP contribution in [0.5, 0.6) is 0 Å². The summed E-state index contributed by atoms with van der Waals surface area (Å²) in [6, 6.07) is 14.8. The zero-order valence-corrected chi connectivity index (χ0v) is 13.6. The van der Waals surface area contributed by atoms with Gasteiger partial charge in [-0.25, -0.2) is 9.78 Å². The van der Waals surface area contributed by atoms with Crippen molar-refractivity contribution < 1.29 is 9.53 Å². The van der Waals surface area contributed by atoms with Crippen LogP contribution in [0.4, 0.5) is 0 Å². The van der Waals surface area contributed by atoms with Crippen molar-refractivity contribution in [1.82, 2.24) is 19.2 Å². The number of hydrogen-bond donors (Lipinski definition) is 0. The van der Waals surface area contributed by atoms with Gasteiger partial charge in [0.25, 0.3) is 0 Å². The fraction of sp³-hybridized carbons (Fsp3) is 0.118. The second-order valence-electron chi connectivity index (χ2n) is 5.17. The van der Waals surface area contributed by atoms with Crippen molar-refractivity contribution in [2.24, 2.45) is 0 Å². The SMILES string of the molecule is CCOC(=O)c1nn(-c2cccc(Cl)c2)c2nc3ccccc3n12. The first-order valence-electron chi connectivity index (χ1n) is 7.48. The van der Waals surface area contributed by atoms with Crippen molar-refractivity contribution in [3.63, 3.8) is 0 Å².